The highest BCUT2D eigenvalue weighted by atomic mass is 16.5. The summed E-state index contributed by atoms with van der Waals surface area (Å²) in [6.45, 7) is 23.3. The molecule has 41 heavy (non-hydrogen) atoms. The molecule has 0 radical (unpaired) electrons. The average molecular weight is 569 g/mol. The maximum atomic E-state index is 13.3. The smallest absolute Gasteiger partial charge is 0.407 e. The van der Waals surface area contributed by atoms with Crippen molar-refractivity contribution in [1.82, 2.24) is 5.32 Å². The molecule has 0 aromatic heterocycles. The van der Waals surface area contributed by atoms with Crippen LogP contribution in [0, 0.1) is 44.3 Å². The molecule has 0 unspecified atom stereocenters. The molecule has 2 rings (SSSR count). The number of amides is 1. The number of allylic oxidation sites excluding steroid dienone is 4. The van der Waals surface area contributed by atoms with Gasteiger partial charge in [-0.05, 0) is 87.0 Å². The molecule has 2 aliphatic rings. The molecule has 1 saturated carbocycles. The van der Waals surface area contributed by atoms with Gasteiger partial charge >= 0.3 is 6.09 Å². The van der Waals surface area contributed by atoms with Gasteiger partial charge in [-0.3, -0.25) is 9.59 Å². The number of carbonyl (C=O) groups is 3. The highest BCUT2D eigenvalue weighted by molar-refractivity contribution is 6.04. The summed E-state index contributed by atoms with van der Waals surface area (Å²) >= 11 is 0. The Bertz CT molecular complexity index is 1140. The molecule has 6 nitrogen and oxygen atoms in total. The van der Waals surface area contributed by atoms with Crippen molar-refractivity contribution in [2.24, 2.45) is 33.0 Å². The van der Waals surface area contributed by atoms with Crippen molar-refractivity contribution in [3.63, 3.8) is 0 Å². The number of hydrogen-bond donors (Lipinski definition) is 1. The van der Waals surface area contributed by atoms with Crippen molar-refractivity contribution in [1.29, 1.82) is 5.26 Å². The van der Waals surface area contributed by atoms with Crippen LogP contribution in [0.15, 0.2) is 23.3 Å². The zero-order chi connectivity index (χ0) is 31.7. The van der Waals surface area contributed by atoms with Crippen LogP contribution in [-0.4, -0.2) is 30.3 Å². The quantitative estimate of drug-likeness (QED) is 0.252. The fourth-order valence-corrected chi connectivity index (χ4v) is 7.77. The summed E-state index contributed by atoms with van der Waals surface area (Å²) in [5.41, 5.74) is -0.945. The number of nitrogens with zero attached hydrogens (tertiary/aromatic N) is 1. The third-order valence-corrected chi connectivity index (χ3v) is 11.7. The third kappa shape index (κ3) is 6.65. The molecular formula is C35H56N2O4. The first-order chi connectivity index (χ1) is 18.7. The average Bonchev–Trinajstić information content (AvgIpc) is 2.90. The molecule has 1 amide bonds. The molecule has 6 heteroatoms. The van der Waals surface area contributed by atoms with Crippen LogP contribution in [0.2, 0.25) is 0 Å². The highest BCUT2D eigenvalue weighted by Crippen LogP contribution is 2.67. The number of ketones is 2. The van der Waals surface area contributed by atoms with Gasteiger partial charge in [0.25, 0.3) is 0 Å². The Labute approximate surface area is 249 Å². The van der Waals surface area contributed by atoms with Crippen LogP contribution in [0.4, 0.5) is 4.79 Å². The second-order valence-corrected chi connectivity index (χ2v) is 15.2. The second kappa shape index (κ2) is 12.1. The molecule has 5 atom stereocenters. The molecule has 0 aromatic rings. The van der Waals surface area contributed by atoms with Crippen LogP contribution in [-0.2, 0) is 14.3 Å². The van der Waals surface area contributed by atoms with E-state index in [2.05, 4.69) is 66.8 Å². The minimum absolute atomic E-state index is 0.0121. The van der Waals surface area contributed by atoms with E-state index in [-0.39, 0.29) is 39.3 Å². The van der Waals surface area contributed by atoms with Crippen molar-refractivity contribution in [3.05, 3.63) is 23.3 Å². The van der Waals surface area contributed by atoms with Crippen molar-refractivity contribution in [2.45, 2.75) is 133 Å². The summed E-state index contributed by atoms with van der Waals surface area (Å²) < 4.78 is 5.02. The number of ether oxygens (including phenoxy) is 1. The summed E-state index contributed by atoms with van der Waals surface area (Å²) in [6, 6.07) is 2.17. The molecule has 1 N–H and O–H groups in total. The first kappa shape index (κ1) is 34.8. The Balaban J connectivity index is 2.62. The van der Waals surface area contributed by atoms with E-state index in [0.717, 1.165) is 56.9 Å². The van der Waals surface area contributed by atoms with Crippen molar-refractivity contribution >= 4 is 17.7 Å². The van der Waals surface area contributed by atoms with Crippen LogP contribution in [0.3, 0.4) is 0 Å². The van der Waals surface area contributed by atoms with E-state index in [1.165, 1.54) is 7.11 Å². The van der Waals surface area contributed by atoms with E-state index in [1.807, 2.05) is 19.9 Å². The maximum absolute atomic E-state index is 13.3. The van der Waals surface area contributed by atoms with Gasteiger partial charge in [-0.15, -0.1) is 0 Å². The van der Waals surface area contributed by atoms with Gasteiger partial charge in [0.1, 0.15) is 6.07 Å². The molecule has 0 aromatic carbocycles. The van der Waals surface area contributed by atoms with Crippen LogP contribution < -0.4 is 5.32 Å². The van der Waals surface area contributed by atoms with Crippen LogP contribution in [0.1, 0.15) is 128 Å². The summed E-state index contributed by atoms with van der Waals surface area (Å²) in [5.74, 6) is -0.139. The van der Waals surface area contributed by atoms with Gasteiger partial charge in [-0.2, -0.15) is 5.26 Å². The Morgan fingerprint density at radius 1 is 1.07 bits per heavy atom. The Morgan fingerprint density at radius 3 is 2.15 bits per heavy atom. The van der Waals surface area contributed by atoms with Crippen LogP contribution >= 0.6 is 0 Å². The van der Waals surface area contributed by atoms with Gasteiger partial charge in [0.2, 0.25) is 0 Å². The third-order valence-electron chi connectivity index (χ3n) is 11.7. The van der Waals surface area contributed by atoms with E-state index >= 15 is 0 Å². The van der Waals surface area contributed by atoms with Crippen molar-refractivity contribution in [2.75, 3.05) is 7.11 Å². The lowest BCUT2D eigenvalue weighted by Gasteiger charge is -2.62. The van der Waals surface area contributed by atoms with Crippen molar-refractivity contribution in [3.8, 4) is 6.07 Å². The first-order valence-electron chi connectivity index (χ1n) is 15.5. The number of carbonyl (C=O) groups excluding carboxylic acids is 3. The van der Waals surface area contributed by atoms with Gasteiger partial charge in [-0.1, -0.05) is 80.4 Å². The van der Waals surface area contributed by atoms with Gasteiger partial charge in [0, 0.05) is 16.4 Å². The summed E-state index contributed by atoms with van der Waals surface area (Å²) in [5, 5.41) is 13.1. The molecule has 0 spiro atoms. The summed E-state index contributed by atoms with van der Waals surface area (Å²) in [6.07, 6.45) is 10.3. The minimum atomic E-state index is -0.705. The fourth-order valence-electron chi connectivity index (χ4n) is 7.77. The molecule has 1 fully saturated rings. The summed E-state index contributed by atoms with van der Waals surface area (Å²) in [4.78, 5) is 38.5. The molecule has 0 aliphatic heterocycles. The molecule has 0 saturated heterocycles. The number of Topliss-reactive ketones (excluding diaryl/α,β-unsaturated/α-hetero) is 1. The van der Waals surface area contributed by atoms with Gasteiger partial charge in [0.05, 0.1) is 12.7 Å². The monoisotopic (exact) mass is 568 g/mol. The predicted molar refractivity (Wildman–Crippen MR) is 165 cm³/mol. The molecule has 230 valence electrons. The topological polar surface area (TPSA) is 96.3 Å². The van der Waals surface area contributed by atoms with Gasteiger partial charge in [-0.25, -0.2) is 4.79 Å². The second-order valence-electron chi connectivity index (χ2n) is 15.2. The molecular weight excluding hydrogens is 512 g/mol. The van der Waals surface area contributed by atoms with Gasteiger partial charge in [0.15, 0.2) is 11.6 Å². The van der Waals surface area contributed by atoms with E-state index < -0.39 is 22.5 Å². The molecule has 0 heterocycles. The van der Waals surface area contributed by atoms with Crippen molar-refractivity contribution < 1.29 is 19.1 Å². The first-order valence-corrected chi connectivity index (χ1v) is 15.5. The highest BCUT2D eigenvalue weighted by Gasteiger charge is 2.61. The maximum Gasteiger partial charge on any atom is 0.407 e. The molecule has 2 aliphatic carbocycles. The number of hydrogen-bond acceptors (Lipinski definition) is 5. The Hall–Kier alpha value is -2.42. The number of nitrogens with one attached hydrogen (secondary N) is 1. The predicted octanol–water partition coefficient (Wildman–Crippen LogP) is 8.51. The number of methoxy groups -OCH3 is 1. The number of alkyl carbamates (subject to hydrolysis) is 1. The van der Waals surface area contributed by atoms with Gasteiger partial charge < -0.3 is 10.1 Å². The number of rotatable bonds is 11. The number of fused-ring (bicyclic) bond motifs is 1. The van der Waals surface area contributed by atoms with E-state index in [4.69, 9.17) is 4.74 Å². The number of nitriles is 1. The Kier molecular flexibility index (Phi) is 10.2. The van der Waals surface area contributed by atoms with Crippen LogP contribution in [0.5, 0.6) is 0 Å². The lowest BCUT2D eigenvalue weighted by molar-refractivity contribution is -0.131. The van der Waals surface area contributed by atoms with Crippen LogP contribution in [0.25, 0.3) is 0 Å². The molecule has 0 bridgehead atoms. The lowest BCUT2D eigenvalue weighted by atomic mass is 9.41. The largest absolute Gasteiger partial charge is 0.453 e. The van der Waals surface area contributed by atoms with E-state index in [0.29, 0.717) is 0 Å². The van der Waals surface area contributed by atoms with E-state index in [9.17, 15) is 19.6 Å². The lowest BCUT2D eigenvalue weighted by Crippen LogP contribution is -2.56. The summed E-state index contributed by atoms with van der Waals surface area (Å²) in [7, 11) is 1.40. The minimum Gasteiger partial charge on any atom is -0.453 e. The zero-order valence-electron chi connectivity index (χ0n) is 28.0. The Morgan fingerprint density at radius 2 is 1.66 bits per heavy atom. The normalized spacial score (nSPS) is 29.8. The van der Waals surface area contributed by atoms with E-state index in [1.54, 1.807) is 13.0 Å². The zero-order valence-corrected chi connectivity index (χ0v) is 28.0. The fraction of sp³-hybridized carbons (Fsp3) is 0.771. The SMILES string of the molecule is CCC(C)(C)CC[C@@](C)(CC[C@](C)(CC)[C@]1(C)CC[C@H]2C(C)(C)C(=O)C(C#N)=C[C@]2(C)/C1=C/C(C)=O)NC(=O)OC. The standard InChI is InChI=1S/C35H56N2O4/c1-13-30(4,5)17-19-33(9,37-29(40)41-12)20-18-32(8,14-2)35(11)16-15-26-31(6,7)28(39)25(23-36)22-34(26,10)27(35)21-24(3)38/h21-22,26H,13-20H2,1-12H3,(H,37,40)/b27-21-/t26-,32-,33-,34-,35+/m0/s1.